The Kier molecular flexibility index (Phi) is 3.28. The fourth-order valence-electron chi connectivity index (χ4n) is 2.14. The maximum Gasteiger partial charge on any atom is 0.0912 e. The molecule has 2 rings (SSSR count). The third-order valence-electron chi connectivity index (χ3n) is 3.41. The van der Waals surface area contributed by atoms with Gasteiger partial charge in [-0.1, -0.05) is 24.3 Å². The van der Waals surface area contributed by atoms with Gasteiger partial charge < -0.3 is 15.6 Å². The molecule has 1 aliphatic rings. The lowest BCUT2D eigenvalue weighted by Crippen LogP contribution is -2.15. The summed E-state index contributed by atoms with van der Waals surface area (Å²) in [5.74, 6) is 0. The third-order valence-corrected chi connectivity index (χ3v) is 3.41. The third kappa shape index (κ3) is 2.12. The summed E-state index contributed by atoms with van der Waals surface area (Å²) in [5, 5.41) is 9.59. The predicted octanol–water partition coefficient (Wildman–Crippen LogP) is 1.36. The van der Waals surface area contributed by atoms with Gasteiger partial charge >= 0.3 is 0 Å². The zero-order valence-electron chi connectivity index (χ0n) is 9.65. The van der Waals surface area contributed by atoms with Crippen LogP contribution in [0.1, 0.15) is 30.1 Å². The molecule has 88 valence electrons. The zero-order valence-corrected chi connectivity index (χ0v) is 9.65. The van der Waals surface area contributed by atoms with Gasteiger partial charge in [-0.15, -0.1) is 0 Å². The highest BCUT2D eigenvalue weighted by molar-refractivity contribution is 5.34. The second kappa shape index (κ2) is 4.53. The SMILES string of the molecule is COCC1(c2ccc(C(O)CN)cc2)CC1. The Morgan fingerprint density at radius 3 is 2.44 bits per heavy atom. The summed E-state index contributed by atoms with van der Waals surface area (Å²) >= 11 is 0. The molecule has 1 aromatic carbocycles. The Morgan fingerprint density at radius 2 is 2.00 bits per heavy atom. The molecule has 1 fully saturated rings. The molecule has 3 N–H and O–H groups in total. The highest BCUT2D eigenvalue weighted by Crippen LogP contribution is 2.48. The number of nitrogens with two attached hydrogens (primary N) is 1. The molecule has 1 unspecified atom stereocenters. The predicted molar refractivity (Wildman–Crippen MR) is 63.2 cm³/mol. The number of methoxy groups -OCH3 is 1. The summed E-state index contributed by atoms with van der Waals surface area (Å²) in [6.45, 7) is 1.05. The topological polar surface area (TPSA) is 55.5 Å². The average Bonchev–Trinajstić information content (AvgIpc) is 3.10. The maximum absolute atomic E-state index is 9.59. The van der Waals surface area contributed by atoms with Crippen molar-refractivity contribution in [2.24, 2.45) is 5.73 Å². The first-order chi connectivity index (χ1) is 7.72. The number of hydrogen-bond acceptors (Lipinski definition) is 3. The largest absolute Gasteiger partial charge is 0.387 e. The first-order valence-corrected chi connectivity index (χ1v) is 5.69. The number of hydrogen-bond donors (Lipinski definition) is 2. The van der Waals surface area contributed by atoms with Crippen LogP contribution in [0.25, 0.3) is 0 Å². The molecular weight excluding hydrogens is 202 g/mol. The van der Waals surface area contributed by atoms with Gasteiger partial charge in [0.25, 0.3) is 0 Å². The molecule has 3 heteroatoms. The fraction of sp³-hybridized carbons (Fsp3) is 0.538. The Balaban J connectivity index is 2.13. The van der Waals surface area contributed by atoms with Crippen molar-refractivity contribution in [3.8, 4) is 0 Å². The second-order valence-electron chi connectivity index (χ2n) is 4.59. The zero-order chi connectivity index (χ0) is 11.6. The molecule has 0 aliphatic heterocycles. The van der Waals surface area contributed by atoms with Crippen LogP contribution in [-0.2, 0) is 10.2 Å². The van der Waals surface area contributed by atoms with E-state index in [2.05, 4.69) is 12.1 Å². The van der Waals surface area contributed by atoms with Crippen LogP contribution in [0.4, 0.5) is 0 Å². The average molecular weight is 221 g/mol. The minimum Gasteiger partial charge on any atom is -0.387 e. The molecule has 0 saturated heterocycles. The monoisotopic (exact) mass is 221 g/mol. The summed E-state index contributed by atoms with van der Waals surface area (Å²) in [6, 6.07) is 8.09. The van der Waals surface area contributed by atoms with Gasteiger partial charge in [0, 0.05) is 19.1 Å². The van der Waals surface area contributed by atoms with Gasteiger partial charge in [0.1, 0.15) is 0 Å². The van der Waals surface area contributed by atoms with Crippen LogP contribution < -0.4 is 5.73 Å². The number of ether oxygens (including phenoxy) is 1. The van der Waals surface area contributed by atoms with E-state index >= 15 is 0 Å². The van der Waals surface area contributed by atoms with Gasteiger partial charge in [-0.05, 0) is 24.0 Å². The van der Waals surface area contributed by atoms with E-state index in [1.165, 1.54) is 18.4 Å². The van der Waals surface area contributed by atoms with Crippen molar-refractivity contribution in [3.63, 3.8) is 0 Å². The summed E-state index contributed by atoms with van der Waals surface area (Å²) in [7, 11) is 1.74. The minimum absolute atomic E-state index is 0.237. The molecule has 0 aromatic heterocycles. The van der Waals surface area contributed by atoms with Crippen molar-refractivity contribution in [3.05, 3.63) is 35.4 Å². The van der Waals surface area contributed by atoms with Gasteiger partial charge in [0.05, 0.1) is 12.7 Å². The smallest absolute Gasteiger partial charge is 0.0912 e. The number of aliphatic hydroxyl groups is 1. The van der Waals surface area contributed by atoms with Crippen molar-refractivity contribution in [1.29, 1.82) is 0 Å². The quantitative estimate of drug-likeness (QED) is 0.789. The van der Waals surface area contributed by atoms with Crippen LogP contribution in [-0.4, -0.2) is 25.4 Å². The lowest BCUT2D eigenvalue weighted by atomic mass is 9.95. The molecular formula is C13H19NO2. The van der Waals surface area contributed by atoms with Crippen LogP contribution in [0, 0.1) is 0 Å². The Hall–Kier alpha value is -0.900. The van der Waals surface area contributed by atoms with E-state index in [1.807, 2.05) is 12.1 Å². The molecule has 0 bridgehead atoms. The summed E-state index contributed by atoms with van der Waals surface area (Å²) < 4.78 is 5.25. The molecule has 0 amide bonds. The van der Waals surface area contributed by atoms with Gasteiger partial charge in [-0.3, -0.25) is 0 Å². The second-order valence-corrected chi connectivity index (χ2v) is 4.59. The van der Waals surface area contributed by atoms with E-state index in [0.29, 0.717) is 0 Å². The van der Waals surface area contributed by atoms with Crippen LogP contribution in [0.3, 0.4) is 0 Å². The number of rotatable bonds is 5. The standard InChI is InChI=1S/C13H19NO2/c1-16-9-13(6-7-13)11-4-2-10(3-5-11)12(15)8-14/h2-5,12,15H,6-9,14H2,1H3. The molecule has 1 atom stereocenters. The van der Waals surface area contributed by atoms with E-state index in [4.69, 9.17) is 10.5 Å². The van der Waals surface area contributed by atoms with E-state index in [0.717, 1.165) is 12.2 Å². The molecule has 1 aromatic rings. The number of benzene rings is 1. The summed E-state index contributed by atoms with van der Waals surface area (Å²) in [6.07, 6.45) is 1.84. The Labute approximate surface area is 96.2 Å². The fourth-order valence-corrected chi connectivity index (χ4v) is 2.14. The summed E-state index contributed by atoms with van der Waals surface area (Å²) in [4.78, 5) is 0. The molecule has 1 saturated carbocycles. The first-order valence-electron chi connectivity index (χ1n) is 5.69. The minimum atomic E-state index is -0.549. The first kappa shape index (κ1) is 11.6. The molecule has 1 aliphatic carbocycles. The van der Waals surface area contributed by atoms with Crippen LogP contribution in [0.5, 0.6) is 0 Å². The lowest BCUT2D eigenvalue weighted by Gasteiger charge is -2.16. The normalized spacial score (nSPS) is 19.4. The Morgan fingerprint density at radius 1 is 1.38 bits per heavy atom. The van der Waals surface area contributed by atoms with Crippen molar-refractivity contribution < 1.29 is 9.84 Å². The molecule has 0 heterocycles. The van der Waals surface area contributed by atoms with Gasteiger partial charge in [-0.2, -0.15) is 0 Å². The van der Waals surface area contributed by atoms with E-state index in [1.54, 1.807) is 7.11 Å². The molecule has 16 heavy (non-hydrogen) atoms. The lowest BCUT2D eigenvalue weighted by molar-refractivity contribution is 0.171. The van der Waals surface area contributed by atoms with Crippen molar-refractivity contribution in [1.82, 2.24) is 0 Å². The van der Waals surface area contributed by atoms with Gasteiger partial charge in [0.15, 0.2) is 0 Å². The van der Waals surface area contributed by atoms with E-state index in [-0.39, 0.29) is 12.0 Å². The highest BCUT2D eigenvalue weighted by Gasteiger charge is 2.44. The van der Waals surface area contributed by atoms with Crippen molar-refractivity contribution >= 4 is 0 Å². The van der Waals surface area contributed by atoms with Crippen LogP contribution in [0.15, 0.2) is 24.3 Å². The number of aliphatic hydroxyl groups excluding tert-OH is 1. The van der Waals surface area contributed by atoms with Crippen molar-refractivity contribution in [2.45, 2.75) is 24.4 Å². The highest BCUT2D eigenvalue weighted by atomic mass is 16.5. The molecule has 0 spiro atoms. The maximum atomic E-state index is 9.59. The summed E-state index contributed by atoms with van der Waals surface area (Å²) in [5.41, 5.74) is 7.85. The molecule has 0 radical (unpaired) electrons. The van der Waals surface area contributed by atoms with Crippen LogP contribution >= 0.6 is 0 Å². The van der Waals surface area contributed by atoms with E-state index in [9.17, 15) is 5.11 Å². The van der Waals surface area contributed by atoms with Gasteiger partial charge in [-0.25, -0.2) is 0 Å². The van der Waals surface area contributed by atoms with E-state index < -0.39 is 6.10 Å². The molecule has 3 nitrogen and oxygen atoms in total. The van der Waals surface area contributed by atoms with Gasteiger partial charge in [0.2, 0.25) is 0 Å². The van der Waals surface area contributed by atoms with Crippen molar-refractivity contribution in [2.75, 3.05) is 20.3 Å². The van der Waals surface area contributed by atoms with Crippen LogP contribution in [0.2, 0.25) is 0 Å². The Bertz CT molecular complexity index is 343.